The van der Waals surface area contributed by atoms with Crippen molar-refractivity contribution < 1.29 is 41.0 Å². The maximum absolute atomic E-state index is 11.8. The first-order valence-electron chi connectivity index (χ1n) is 17.3. The van der Waals surface area contributed by atoms with E-state index in [4.69, 9.17) is 5.32 Å². The standard InChI is InChI=1S/C45H54N2O2.2CH3.Zr/c1-42(2,3)28-22-34(40(48)36(24-28)44(7,8)9)30-18-14-16-20-32(30)38-26-46-27-39(47(38)13)33-21-17-15-19-31(33)35-23-29(43(4,5)6)25-37(41(35)49)45(10,11)12;;;/h14-27,48-49H,13H2,1-12H3;2*1H3;/q;2*-1;+2. The van der Waals surface area contributed by atoms with Crippen LogP contribution in [0.4, 0.5) is 0 Å². The quantitative estimate of drug-likeness (QED) is 0.160. The first kappa shape index (κ1) is 44.5. The minimum absolute atomic E-state index is 0. The summed E-state index contributed by atoms with van der Waals surface area (Å²) in [5.74, 6) is 0.587. The van der Waals surface area contributed by atoms with Crippen molar-refractivity contribution in [2.75, 3.05) is 0 Å². The molecule has 4 aromatic carbocycles. The molecule has 4 nitrogen and oxygen atoms in total. The van der Waals surface area contributed by atoms with Crippen LogP contribution < -0.4 is 0 Å². The molecule has 0 saturated heterocycles. The second-order valence-electron chi connectivity index (χ2n) is 17.5. The van der Waals surface area contributed by atoms with Crippen molar-refractivity contribution in [1.82, 2.24) is 0 Å². The van der Waals surface area contributed by atoms with Crippen LogP contribution in [0.15, 0.2) is 85.2 Å². The van der Waals surface area contributed by atoms with Gasteiger partial charge in [-0.1, -0.05) is 132 Å². The van der Waals surface area contributed by atoms with Crippen LogP contribution in [0.1, 0.15) is 116 Å². The number of phenols is 2. The van der Waals surface area contributed by atoms with E-state index in [2.05, 4.69) is 138 Å². The zero-order valence-electron chi connectivity index (χ0n) is 34.1. The van der Waals surface area contributed by atoms with E-state index in [9.17, 15) is 10.2 Å². The molecule has 1 aliphatic heterocycles. The van der Waals surface area contributed by atoms with Crippen molar-refractivity contribution in [3.8, 4) is 33.8 Å². The van der Waals surface area contributed by atoms with E-state index in [0.29, 0.717) is 11.5 Å². The fraction of sp³-hybridized carbons (Fsp3) is 0.340. The van der Waals surface area contributed by atoms with Crippen LogP contribution in [-0.2, 0) is 47.9 Å². The molecule has 2 N–H and O–H groups in total. The van der Waals surface area contributed by atoms with Crippen molar-refractivity contribution in [3.05, 3.63) is 139 Å². The van der Waals surface area contributed by atoms with Gasteiger partial charge in [0, 0.05) is 22.3 Å². The fourth-order valence-electron chi connectivity index (χ4n) is 6.45. The molecule has 52 heavy (non-hydrogen) atoms. The van der Waals surface area contributed by atoms with Gasteiger partial charge in [-0.25, -0.2) is 0 Å². The first-order valence-corrected chi connectivity index (χ1v) is 17.3. The largest absolute Gasteiger partial charge is 2.00 e. The van der Waals surface area contributed by atoms with Gasteiger partial charge in [0.1, 0.15) is 18.2 Å². The monoisotopic (exact) mass is 774 g/mol. The predicted molar refractivity (Wildman–Crippen MR) is 221 cm³/mol. The molecule has 0 saturated carbocycles. The van der Waals surface area contributed by atoms with Crippen LogP contribution in [0.2, 0.25) is 0 Å². The van der Waals surface area contributed by atoms with Crippen molar-refractivity contribution in [1.29, 1.82) is 0 Å². The molecular weight excluding hydrogens is 716 g/mol. The van der Waals surface area contributed by atoms with E-state index in [1.54, 1.807) is 0 Å². The second kappa shape index (κ2) is 15.7. The normalized spacial score (nSPS) is 13.5. The van der Waals surface area contributed by atoms with Crippen molar-refractivity contribution >= 4 is 18.1 Å². The molecule has 0 unspecified atom stereocenters. The molecule has 5 heteroatoms. The van der Waals surface area contributed by atoms with Gasteiger partial charge in [-0.2, -0.15) is 4.58 Å². The van der Waals surface area contributed by atoms with Crippen LogP contribution >= 0.6 is 0 Å². The molecule has 0 amide bonds. The molecule has 0 aliphatic carbocycles. The first-order chi connectivity index (χ1) is 22.6. The van der Waals surface area contributed by atoms with Crippen molar-refractivity contribution in [2.24, 2.45) is 0 Å². The zero-order chi connectivity index (χ0) is 36.3. The molecule has 5 rings (SSSR count). The van der Waals surface area contributed by atoms with Gasteiger partial charge in [0.2, 0.25) is 0 Å². The topological polar surface area (TPSA) is 57.6 Å². The molecular formula is C47H60N2O2Zr. The van der Waals surface area contributed by atoms with Gasteiger partial charge in [0.15, 0.2) is 11.4 Å². The van der Waals surface area contributed by atoms with E-state index in [-0.39, 0.29) is 62.7 Å². The van der Waals surface area contributed by atoms with Crippen LogP contribution in [-0.4, -0.2) is 21.5 Å². The Morgan fingerprint density at radius 2 is 0.788 bits per heavy atom. The van der Waals surface area contributed by atoms with E-state index in [0.717, 1.165) is 67.0 Å². The summed E-state index contributed by atoms with van der Waals surface area (Å²) >= 11 is 0. The third-order valence-corrected chi connectivity index (χ3v) is 9.53. The summed E-state index contributed by atoms with van der Waals surface area (Å²) in [7, 11) is 0. The molecule has 0 bridgehead atoms. The second-order valence-corrected chi connectivity index (χ2v) is 17.5. The Balaban J connectivity index is 0.00000312. The maximum atomic E-state index is 11.8. The number of benzene rings is 4. The average Bonchev–Trinajstić information content (AvgIpc) is 2.99. The fourth-order valence-corrected chi connectivity index (χ4v) is 6.45. The number of aromatic hydroxyl groups is 2. The number of rotatable bonds is 4. The van der Waals surface area contributed by atoms with E-state index in [1.807, 2.05) is 41.2 Å². The van der Waals surface area contributed by atoms with E-state index < -0.39 is 0 Å². The average molecular weight is 776 g/mol. The van der Waals surface area contributed by atoms with Crippen LogP contribution in [0.25, 0.3) is 39.0 Å². The number of nitrogens with zero attached hydrogens (tertiary/aromatic N) is 2. The molecule has 0 spiro atoms. The van der Waals surface area contributed by atoms with Gasteiger partial charge in [0.25, 0.3) is 0 Å². The molecule has 0 aromatic heterocycles. The van der Waals surface area contributed by atoms with Crippen molar-refractivity contribution in [3.63, 3.8) is 0 Å². The summed E-state index contributed by atoms with van der Waals surface area (Å²) < 4.78 is 1.93. The Morgan fingerprint density at radius 1 is 0.481 bits per heavy atom. The third-order valence-electron chi connectivity index (χ3n) is 9.53. The van der Waals surface area contributed by atoms with E-state index >= 15 is 0 Å². The summed E-state index contributed by atoms with van der Waals surface area (Å²) in [6.45, 7) is 30.6. The molecule has 0 radical (unpaired) electrons. The Hall–Kier alpha value is -3.69. The number of hydrogen-bond acceptors (Lipinski definition) is 2. The predicted octanol–water partition coefficient (Wildman–Crippen LogP) is 12.9. The summed E-state index contributed by atoms with van der Waals surface area (Å²) in [6.07, 6.45) is 3.67. The summed E-state index contributed by atoms with van der Waals surface area (Å²) in [5, 5.41) is 28.4. The summed E-state index contributed by atoms with van der Waals surface area (Å²) in [5.41, 5.74) is 10.3. The summed E-state index contributed by atoms with van der Waals surface area (Å²) in [4.78, 5) is 0. The SMILES string of the molecule is C=[N+]1C(c2ccccc2-c2cc(C(C)(C)C)cc(C(C)(C)C)c2O)=C[N-]C=C1c1ccccc1-c1cc(C(C)(C)C)cc(C(C)(C)C)c1O.[CH3-].[CH3-].[Zr+2]. The summed E-state index contributed by atoms with van der Waals surface area (Å²) in [6, 6.07) is 24.9. The van der Waals surface area contributed by atoms with Gasteiger partial charge < -0.3 is 30.4 Å². The number of hydrogen-bond donors (Lipinski definition) is 2. The Labute approximate surface area is 334 Å². The van der Waals surface area contributed by atoms with Gasteiger partial charge in [-0.15, -0.1) is 12.4 Å². The minimum atomic E-state index is -0.255. The van der Waals surface area contributed by atoms with Gasteiger partial charge >= 0.3 is 26.2 Å². The molecule has 1 aliphatic rings. The zero-order valence-corrected chi connectivity index (χ0v) is 36.5. The van der Waals surface area contributed by atoms with Gasteiger partial charge in [-0.05, 0) is 68.2 Å². The smallest absolute Gasteiger partial charge is 0.660 e. The Bertz CT molecular complexity index is 1860. The van der Waals surface area contributed by atoms with Gasteiger partial charge in [-0.3, -0.25) is 0 Å². The molecule has 0 atom stereocenters. The molecule has 1 heterocycles. The Morgan fingerprint density at radius 3 is 1.08 bits per heavy atom. The van der Waals surface area contributed by atoms with Crippen LogP contribution in [0.5, 0.6) is 11.5 Å². The maximum Gasteiger partial charge on any atom is 2.00 e. The number of phenolic OH excluding ortho intramolecular Hbond substituents is 2. The molecule has 4 aromatic rings. The minimum Gasteiger partial charge on any atom is -0.660 e. The van der Waals surface area contributed by atoms with Crippen LogP contribution in [0, 0.1) is 14.9 Å². The Kier molecular flexibility index (Phi) is 13.5. The molecule has 274 valence electrons. The van der Waals surface area contributed by atoms with Crippen LogP contribution in [0.3, 0.4) is 0 Å². The molecule has 0 fully saturated rings. The van der Waals surface area contributed by atoms with Gasteiger partial charge in [0.05, 0.1) is 11.1 Å². The third kappa shape index (κ3) is 8.74. The van der Waals surface area contributed by atoms with E-state index in [1.165, 1.54) is 0 Å². The van der Waals surface area contributed by atoms with Crippen molar-refractivity contribution in [2.45, 2.75) is 105 Å².